The van der Waals surface area contributed by atoms with Gasteiger partial charge in [0.25, 0.3) is 0 Å². The van der Waals surface area contributed by atoms with Crippen LogP contribution in [0.5, 0.6) is 0 Å². The zero-order valence-corrected chi connectivity index (χ0v) is 11.1. The number of hydrogen-bond donors (Lipinski definition) is 0. The second-order valence-corrected chi connectivity index (χ2v) is 4.65. The Labute approximate surface area is 107 Å². The fourth-order valence-electron chi connectivity index (χ4n) is 1.99. The molecule has 2 aromatic rings. The molecule has 0 N–H and O–H groups in total. The van der Waals surface area contributed by atoms with E-state index in [4.69, 9.17) is 0 Å². The van der Waals surface area contributed by atoms with E-state index in [2.05, 4.69) is 5.10 Å². The van der Waals surface area contributed by atoms with Crippen LogP contribution in [0.4, 0.5) is 0 Å². The van der Waals surface area contributed by atoms with Crippen LogP contribution in [0.15, 0.2) is 30.3 Å². The summed E-state index contributed by atoms with van der Waals surface area (Å²) in [6, 6.07) is 9.82. The van der Waals surface area contributed by atoms with Crippen LogP contribution in [0.3, 0.4) is 0 Å². The Balaban J connectivity index is 2.06. The van der Waals surface area contributed by atoms with Crippen molar-refractivity contribution in [3.05, 3.63) is 52.8 Å². The summed E-state index contributed by atoms with van der Waals surface area (Å²) in [5.74, 6) is 0.187. The number of nitrogens with zero attached hydrogens (tertiary/aromatic N) is 2. The van der Waals surface area contributed by atoms with Crippen molar-refractivity contribution in [2.24, 2.45) is 0 Å². The van der Waals surface area contributed by atoms with Crippen molar-refractivity contribution in [2.45, 2.75) is 33.7 Å². The first-order valence-electron chi connectivity index (χ1n) is 6.14. The van der Waals surface area contributed by atoms with Gasteiger partial charge >= 0.3 is 0 Å². The number of ketones is 1. The van der Waals surface area contributed by atoms with Gasteiger partial charge in [-0.05, 0) is 31.9 Å². The predicted molar refractivity (Wildman–Crippen MR) is 71.6 cm³/mol. The van der Waals surface area contributed by atoms with E-state index in [0.717, 1.165) is 17.0 Å². The van der Waals surface area contributed by atoms with Crippen LogP contribution in [0, 0.1) is 20.8 Å². The van der Waals surface area contributed by atoms with E-state index in [0.29, 0.717) is 13.0 Å². The largest absolute Gasteiger partial charge is 0.297 e. The summed E-state index contributed by atoms with van der Waals surface area (Å²) in [6.07, 6.45) is 0.470. The highest BCUT2D eigenvalue weighted by Crippen LogP contribution is 2.11. The van der Waals surface area contributed by atoms with Crippen LogP contribution in [0.25, 0.3) is 0 Å². The molecule has 18 heavy (non-hydrogen) atoms. The van der Waals surface area contributed by atoms with E-state index in [1.54, 1.807) is 4.68 Å². The first kappa shape index (κ1) is 12.6. The van der Waals surface area contributed by atoms with Crippen molar-refractivity contribution in [1.29, 1.82) is 0 Å². The Kier molecular flexibility index (Phi) is 3.60. The number of Topliss-reactive ketones (excluding diaryl/α,β-unsaturated/α-hetero) is 1. The minimum Gasteiger partial charge on any atom is -0.297 e. The maximum atomic E-state index is 12.0. The summed E-state index contributed by atoms with van der Waals surface area (Å²) in [5.41, 5.74) is 4.30. The van der Waals surface area contributed by atoms with E-state index < -0.39 is 0 Å². The van der Waals surface area contributed by atoms with Crippen LogP contribution >= 0.6 is 0 Å². The lowest BCUT2D eigenvalue weighted by Gasteiger charge is -2.04. The van der Waals surface area contributed by atoms with Gasteiger partial charge in [-0.1, -0.05) is 30.3 Å². The number of rotatable bonds is 4. The number of aryl methyl sites for hydroxylation is 1. The van der Waals surface area contributed by atoms with Gasteiger partial charge in [0.1, 0.15) is 6.54 Å². The zero-order valence-electron chi connectivity index (χ0n) is 11.1. The standard InChI is InChI=1S/C15H18N2O/c1-11-12(2)16-17(13(11)3)10-15(18)9-14-7-5-4-6-8-14/h4-8H,9-10H2,1-3H3. The number of carbonyl (C=O) groups is 1. The van der Waals surface area contributed by atoms with Gasteiger partial charge < -0.3 is 0 Å². The van der Waals surface area contributed by atoms with E-state index >= 15 is 0 Å². The minimum atomic E-state index is 0.187. The molecule has 0 radical (unpaired) electrons. The lowest BCUT2D eigenvalue weighted by molar-refractivity contribution is -0.119. The second-order valence-electron chi connectivity index (χ2n) is 4.65. The Morgan fingerprint density at radius 3 is 2.39 bits per heavy atom. The van der Waals surface area contributed by atoms with Crippen LogP contribution in [0.1, 0.15) is 22.5 Å². The van der Waals surface area contributed by atoms with Crippen molar-refractivity contribution in [3.8, 4) is 0 Å². The Bertz CT molecular complexity index is 555. The molecule has 0 saturated carbocycles. The first-order valence-corrected chi connectivity index (χ1v) is 6.14. The molecule has 0 fully saturated rings. The molecule has 0 spiro atoms. The highest BCUT2D eigenvalue weighted by Gasteiger charge is 2.11. The number of hydrogen-bond acceptors (Lipinski definition) is 2. The zero-order chi connectivity index (χ0) is 13.1. The van der Waals surface area contributed by atoms with Gasteiger partial charge in [0.2, 0.25) is 0 Å². The maximum absolute atomic E-state index is 12.0. The molecule has 94 valence electrons. The van der Waals surface area contributed by atoms with E-state index in [9.17, 15) is 4.79 Å². The maximum Gasteiger partial charge on any atom is 0.158 e. The molecule has 0 bridgehead atoms. The molecule has 1 aromatic carbocycles. The van der Waals surface area contributed by atoms with Crippen molar-refractivity contribution in [2.75, 3.05) is 0 Å². The lowest BCUT2D eigenvalue weighted by atomic mass is 10.1. The van der Waals surface area contributed by atoms with Crippen LogP contribution in [-0.4, -0.2) is 15.6 Å². The molecule has 0 saturated heterocycles. The van der Waals surface area contributed by atoms with Crippen LogP contribution < -0.4 is 0 Å². The van der Waals surface area contributed by atoms with E-state index in [-0.39, 0.29) is 5.78 Å². The average molecular weight is 242 g/mol. The minimum absolute atomic E-state index is 0.187. The molecule has 2 rings (SSSR count). The van der Waals surface area contributed by atoms with Crippen molar-refractivity contribution in [1.82, 2.24) is 9.78 Å². The molecule has 3 nitrogen and oxygen atoms in total. The van der Waals surface area contributed by atoms with Gasteiger partial charge in [-0.2, -0.15) is 5.10 Å². The molecular weight excluding hydrogens is 224 g/mol. The number of benzene rings is 1. The van der Waals surface area contributed by atoms with Gasteiger partial charge in [-0.15, -0.1) is 0 Å². The molecule has 1 aromatic heterocycles. The molecule has 0 atom stereocenters. The Morgan fingerprint density at radius 1 is 1.17 bits per heavy atom. The highest BCUT2D eigenvalue weighted by molar-refractivity contribution is 5.80. The molecule has 0 aliphatic rings. The second kappa shape index (κ2) is 5.17. The summed E-state index contributed by atoms with van der Waals surface area (Å²) >= 11 is 0. The third kappa shape index (κ3) is 2.67. The molecule has 1 heterocycles. The SMILES string of the molecule is Cc1nn(CC(=O)Cc2ccccc2)c(C)c1C. The third-order valence-corrected chi connectivity index (χ3v) is 3.31. The summed E-state index contributed by atoms with van der Waals surface area (Å²) in [6.45, 7) is 6.37. The van der Waals surface area contributed by atoms with Gasteiger partial charge in [0.15, 0.2) is 5.78 Å². The van der Waals surface area contributed by atoms with Crippen molar-refractivity contribution in [3.63, 3.8) is 0 Å². The number of carbonyl (C=O) groups excluding carboxylic acids is 1. The normalized spacial score (nSPS) is 10.6. The average Bonchev–Trinajstić information content (AvgIpc) is 2.58. The number of aromatic nitrogens is 2. The van der Waals surface area contributed by atoms with Crippen molar-refractivity contribution >= 4 is 5.78 Å². The topological polar surface area (TPSA) is 34.9 Å². The lowest BCUT2D eigenvalue weighted by Crippen LogP contribution is -2.14. The molecule has 0 unspecified atom stereocenters. The molecule has 0 aliphatic carbocycles. The first-order chi connectivity index (χ1) is 8.58. The fourth-order valence-corrected chi connectivity index (χ4v) is 1.99. The van der Waals surface area contributed by atoms with Crippen LogP contribution in [-0.2, 0) is 17.8 Å². The summed E-state index contributed by atoms with van der Waals surface area (Å²) in [4.78, 5) is 12.0. The monoisotopic (exact) mass is 242 g/mol. The highest BCUT2D eigenvalue weighted by atomic mass is 16.1. The summed E-state index contributed by atoms with van der Waals surface area (Å²) < 4.78 is 1.80. The van der Waals surface area contributed by atoms with Gasteiger partial charge in [0.05, 0.1) is 5.69 Å². The van der Waals surface area contributed by atoms with Crippen molar-refractivity contribution < 1.29 is 4.79 Å². The van der Waals surface area contributed by atoms with Crippen LogP contribution in [0.2, 0.25) is 0 Å². The fraction of sp³-hybridized carbons (Fsp3) is 0.333. The summed E-state index contributed by atoms with van der Waals surface area (Å²) in [7, 11) is 0. The Morgan fingerprint density at radius 2 is 1.83 bits per heavy atom. The predicted octanol–water partition coefficient (Wildman–Crippen LogP) is 2.62. The van der Waals surface area contributed by atoms with Gasteiger partial charge in [-0.3, -0.25) is 9.48 Å². The third-order valence-electron chi connectivity index (χ3n) is 3.31. The van der Waals surface area contributed by atoms with Gasteiger partial charge in [0, 0.05) is 12.1 Å². The molecule has 0 aliphatic heterocycles. The smallest absolute Gasteiger partial charge is 0.158 e. The van der Waals surface area contributed by atoms with E-state index in [1.165, 1.54) is 5.56 Å². The molecule has 0 amide bonds. The quantitative estimate of drug-likeness (QED) is 0.826. The van der Waals surface area contributed by atoms with E-state index in [1.807, 2.05) is 51.1 Å². The van der Waals surface area contributed by atoms with Gasteiger partial charge in [-0.25, -0.2) is 0 Å². The Hall–Kier alpha value is -1.90. The molecular formula is C15H18N2O. The molecule has 3 heteroatoms. The summed E-state index contributed by atoms with van der Waals surface area (Å²) in [5, 5.41) is 4.39.